The van der Waals surface area contributed by atoms with Crippen molar-refractivity contribution >= 4 is 0 Å². The van der Waals surface area contributed by atoms with Crippen LogP contribution in [0.5, 0.6) is 5.75 Å². The molecule has 0 radical (unpaired) electrons. The zero-order chi connectivity index (χ0) is 12.7. The third kappa shape index (κ3) is 3.96. The van der Waals surface area contributed by atoms with E-state index >= 15 is 0 Å². The first kappa shape index (κ1) is 13.9. The van der Waals surface area contributed by atoms with Gasteiger partial charge in [-0.15, -0.1) is 0 Å². The predicted octanol–water partition coefficient (Wildman–Crippen LogP) is 1.25. The van der Waals surface area contributed by atoms with Crippen molar-refractivity contribution in [2.24, 2.45) is 5.84 Å². The zero-order valence-corrected chi connectivity index (χ0v) is 10.2. The second-order valence-corrected chi connectivity index (χ2v) is 3.78. The highest BCUT2D eigenvalue weighted by molar-refractivity contribution is 5.31. The molecule has 17 heavy (non-hydrogen) atoms. The van der Waals surface area contributed by atoms with Crippen LogP contribution in [-0.4, -0.2) is 26.9 Å². The Balaban J connectivity index is 2.72. The summed E-state index contributed by atoms with van der Waals surface area (Å²) in [5.41, 5.74) is 3.25. The summed E-state index contributed by atoms with van der Waals surface area (Å²) in [6.45, 7) is 0.584. The highest BCUT2D eigenvalue weighted by Crippen LogP contribution is 2.21. The van der Waals surface area contributed by atoms with Crippen LogP contribution in [0.15, 0.2) is 18.2 Å². The Hall–Kier alpha value is -1.17. The fraction of sp³-hybridized carbons (Fsp3) is 0.500. The molecular formula is C12H19FN2O2. The van der Waals surface area contributed by atoms with Gasteiger partial charge in [-0.1, -0.05) is 12.1 Å². The third-order valence-electron chi connectivity index (χ3n) is 2.64. The number of benzene rings is 1. The molecule has 5 heteroatoms. The monoisotopic (exact) mass is 242 g/mol. The van der Waals surface area contributed by atoms with E-state index in [0.717, 1.165) is 6.42 Å². The minimum atomic E-state index is -0.326. The lowest BCUT2D eigenvalue weighted by Gasteiger charge is -2.16. The fourth-order valence-electron chi connectivity index (χ4n) is 1.64. The predicted molar refractivity (Wildman–Crippen MR) is 64.3 cm³/mol. The van der Waals surface area contributed by atoms with Gasteiger partial charge in [-0.3, -0.25) is 11.3 Å². The summed E-state index contributed by atoms with van der Waals surface area (Å²) >= 11 is 0. The quantitative estimate of drug-likeness (QED) is 0.558. The molecule has 0 heterocycles. The second-order valence-electron chi connectivity index (χ2n) is 3.78. The SMILES string of the molecule is COCCC(Cc1cccc(OC)c1F)NN. The Labute approximate surface area is 101 Å². The summed E-state index contributed by atoms with van der Waals surface area (Å²) < 4.78 is 23.8. The molecule has 0 saturated carbocycles. The van der Waals surface area contributed by atoms with E-state index in [2.05, 4.69) is 5.43 Å². The first-order chi connectivity index (χ1) is 8.22. The van der Waals surface area contributed by atoms with E-state index in [1.165, 1.54) is 7.11 Å². The molecule has 0 saturated heterocycles. The van der Waals surface area contributed by atoms with E-state index in [-0.39, 0.29) is 17.6 Å². The molecule has 0 amide bonds. The average molecular weight is 242 g/mol. The number of halogens is 1. The van der Waals surface area contributed by atoms with Gasteiger partial charge in [-0.25, -0.2) is 4.39 Å². The van der Waals surface area contributed by atoms with Gasteiger partial charge in [0.15, 0.2) is 11.6 Å². The third-order valence-corrected chi connectivity index (χ3v) is 2.64. The van der Waals surface area contributed by atoms with Crippen LogP contribution in [0.25, 0.3) is 0 Å². The Morgan fingerprint density at radius 1 is 1.41 bits per heavy atom. The van der Waals surface area contributed by atoms with Crippen LogP contribution in [0.3, 0.4) is 0 Å². The van der Waals surface area contributed by atoms with Gasteiger partial charge in [0.1, 0.15) is 0 Å². The summed E-state index contributed by atoms with van der Waals surface area (Å²) in [4.78, 5) is 0. The van der Waals surface area contributed by atoms with Gasteiger partial charge in [0, 0.05) is 19.8 Å². The highest BCUT2D eigenvalue weighted by Gasteiger charge is 2.13. The first-order valence-electron chi connectivity index (χ1n) is 5.49. The Bertz CT molecular complexity index is 347. The van der Waals surface area contributed by atoms with Crippen LogP contribution < -0.4 is 16.0 Å². The molecule has 4 nitrogen and oxygen atoms in total. The minimum Gasteiger partial charge on any atom is -0.494 e. The van der Waals surface area contributed by atoms with Gasteiger partial charge in [-0.2, -0.15) is 0 Å². The maximum atomic E-state index is 13.9. The Morgan fingerprint density at radius 3 is 2.76 bits per heavy atom. The normalized spacial score (nSPS) is 12.5. The smallest absolute Gasteiger partial charge is 0.168 e. The number of ether oxygens (including phenoxy) is 2. The topological polar surface area (TPSA) is 56.5 Å². The van der Waals surface area contributed by atoms with E-state index in [9.17, 15) is 4.39 Å². The summed E-state index contributed by atoms with van der Waals surface area (Å²) in [5, 5.41) is 0. The summed E-state index contributed by atoms with van der Waals surface area (Å²) in [7, 11) is 3.07. The standard InChI is InChI=1S/C12H19FN2O2/c1-16-7-6-10(15-14)8-9-4-3-5-11(17-2)12(9)13/h3-5,10,15H,6-8,14H2,1-2H3. The summed E-state index contributed by atoms with van der Waals surface area (Å²) in [6, 6.07) is 5.08. The van der Waals surface area contributed by atoms with Gasteiger partial charge in [-0.05, 0) is 24.5 Å². The van der Waals surface area contributed by atoms with Gasteiger partial charge in [0.2, 0.25) is 0 Å². The lowest BCUT2D eigenvalue weighted by molar-refractivity contribution is 0.182. The molecule has 3 N–H and O–H groups in total. The minimum absolute atomic E-state index is 0.0171. The van der Waals surface area contributed by atoms with Crippen molar-refractivity contribution in [1.29, 1.82) is 0 Å². The van der Waals surface area contributed by atoms with Crippen molar-refractivity contribution in [3.05, 3.63) is 29.6 Å². The summed E-state index contributed by atoms with van der Waals surface area (Å²) in [5.74, 6) is 5.35. The van der Waals surface area contributed by atoms with Crippen molar-refractivity contribution < 1.29 is 13.9 Å². The molecule has 0 aliphatic heterocycles. The number of methoxy groups -OCH3 is 2. The maximum Gasteiger partial charge on any atom is 0.168 e. The van der Waals surface area contributed by atoms with E-state index in [1.807, 2.05) is 0 Å². The van der Waals surface area contributed by atoms with Crippen LogP contribution in [0.1, 0.15) is 12.0 Å². The van der Waals surface area contributed by atoms with Crippen molar-refractivity contribution in [3.8, 4) is 5.75 Å². The molecule has 1 rings (SSSR count). The van der Waals surface area contributed by atoms with E-state index in [4.69, 9.17) is 15.3 Å². The van der Waals surface area contributed by atoms with Crippen LogP contribution >= 0.6 is 0 Å². The van der Waals surface area contributed by atoms with E-state index in [0.29, 0.717) is 18.6 Å². The van der Waals surface area contributed by atoms with Crippen molar-refractivity contribution in [1.82, 2.24) is 5.43 Å². The maximum absolute atomic E-state index is 13.9. The van der Waals surface area contributed by atoms with Gasteiger partial charge in [0.05, 0.1) is 7.11 Å². The highest BCUT2D eigenvalue weighted by atomic mass is 19.1. The zero-order valence-electron chi connectivity index (χ0n) is 10.2. The lowest BCUT2D eigenvalue weighted by atomic mass is 10.0. The first-order valence-corrected chi connectivity index (χ1v) is 5.49. The largest absolute Gasteiger partial charge is 0.494 e. The molecule has 0 fully saturated rings. The summed E-state index contributed by atoms with van der Waals surface area (Å²) in [6.07, 6.45) is 1.23. The van der Waals surface area contributed by atoms with Crippen LogP contribution in [0.2, 0.25) is 0 Å². The molecule has 1 aromatic carbocycles. The molecule has 0 aliphatic carbocycles. The second kappa shape index (κ2) is 7.21. The molecule has 0 bridgehead atoms. The Morgan fingerprint density at radius 2 is 2.18 bits per heavy atom. The molecule has 0 aliphatic rings. The molecular weight excluding hydrogens is 223 g/mol. The molecule has 0 spiro atoms. The van der Waals surface area contributed by atoms with Crippen molar-refractivity contribution in [2.75, 3.05) is 20.8 Å². The molecule has 1 aromatic rings. The van der Waals surface area contributed by atoms with E-state index in [1.54, 1.807) is 25.3 Å². The van der Waals surface area contributed by atoms with Crippen LogP contribution in [0, 0.1) is 5.82 Å². The van der Waals surface area contributed by atoms with Gasteiger partial charge >= 0.3 is 0 Å². The number of hydrogen-bond acceptors (Lipinski definition) is 4. The van der Waals surface area contributed by atoms with Crippen molar-refractivity contribution in [2.45, 2.75) is 18.9 Å². The van der Waals surface area contributed by atoms with Crippen LogP contribution in [-0.2, 0) is 11.2 Å². The Kier molecular flexibility index (Phi) is 5.90. The number of hydrogen-bond donors (Lipinski definition) is 2. The van der Waals surface area contributed by atoms with E-state index < -0.39 is 0 Å². The number of hydrazine groups is 1. The molecule has 1 atom stereocenters. The number of nitrogens with two attached hydrogens (primary N) is 1. The fourth-order valence-corrected chi connectivity index (χ4v) is 1.64. The number of nitrogens with one attached hydrogen (secondary N) is 1. The van der Waals surface area contributed by atoms with Crippen molar-refractivity contribution in [3.63, 3.8) is 0 Å². The molecule has 0 aromatic heterocycles. The number of rotatable bonds is 7. The average Bonchev–Trinajstić information content (AvgIpc) is 2.36. The molecule has 96 valence electrons. The van der Waals surface area contributed by atoms with Gasteiger partial charge < -0.3 is 9.47 Å². The van der Waals surface area contributed by atoms with Gasteiger partial charge in [0.25, 0.3) is 0 Å². The molecule has 1 unspecified atom stereocenters. The lowest BCUT2D eigenvalue weighted by Crippen LogP contribution is -2.37. The van der Waals surface area contributed by atoms with Crippen LogP contribution in [0.4, 0.5) is 4.39 Å².